The number of rotatable bonds is 13. The van der Waals surface area contributed by atoms with Crippen molar-refractivity contribution in [1.29, 1.82) is 0 Å². The summed E-state index contributed by atoms with van der Waals surface area (Å²) in [4.78, 5) is 34.5. The molecule has 0 spiro atoms. The molecule has 5 N–H and O–H groups in total. The van der Waals surface area contributed by atoms with Crippen molar-refractivity contribution in [1.82, 2.24) is 9.80 Å². The van der Waals surface area contributed by atoms with Gasteiger partial charge in [-0.15, -0.1) is 11.8 Å². The molecule has 0 unspecified atom stereocenters. The number of carbonyl (C=O) groups excluding carboxylic acids is 2. The molecule has 0 bridgehead atoms. The van der Waals surface area contributed by atoms with E-state index in [2.05, 4.69) is 15.9 Å². The van der Waals surface area contributed by atoms with Crippen molar-refractivity contribution in [3.63, 3.8) is 0 Å². The summed E-state index contributed by atoms with van der Waals surface area (Å²) in [6.45, 7) is 0.968. The summed E-state index contributed by atoms with van der Waals surface area (Å²) in [7, 11) is 1.48. The number of benzene rings is 2. The number of likely N-dealkylation sites (N-methyl/N-ethyl adjacent to an activating group) is 1. The van der Waals surface area contributed by atoms with Crippen molar-refractivity contribution in [2.75, 3.05) is 54.7 Å². The third kappa shape index (κ3) is 7.94. The zero-order valence-electron chi connectivity index (χ0n) is 25.4. The maximum absolute atomic E-state index is 14.0. The van der Waals surface area contributed by atoms with Gasteiger partial charge in [0.2, 0.25) is 11.8 Å². The third-order valence-electron chi connectivity index (χ3n) is 8.88. The van der Waals surface area contributed by atoms with Gasteiger partial charge in [0.05, 0.1) is 24.0 Å². The van der Waals surface area contributed by atoms with Crippen LogP contribution in [0.1, 0.15) is 30.4 Å². The standard InChI is InChI=1S/C32H43ClN4O7S/c1-34(16-27(39)30(42)31(43)28(40)17-38)29(41)11-7-20-6-10-23(33)21(14-20)15-35-19-45-18-26(35)32(44)37-13-12-36(22-8-9-22)24-4-2-3-5-25(24)37/h2-6,10,14,22,26-28,30-31,38-40,42-43H,7-9,11-13,15-19H2,1H3/t26-,27-,28+,30+,31+/m0/s1. The number of nitrogens with zero attached hydrogens (tertiary/aromatic N) is 4. The normalized spacial score (nSPS) is 21.3. The fraction of sp³-hybridized carbons (Fsp3) is 0.562. The van der Waals surface area contributed by atoms with Crippen molar-refractivity contribution < 1.29 is 35.1 Å². The molecule has 2 aliphatic heterocycles. The number of fused-ring (bicyclic) bond motifs is 1. The number of thioether (sulfide) groups is 1. The Morgan fingerprint density at radius 1 is 1.02 bits per heavy atom. The van der Waals surface area contributed by atoms with Crippen LogP contribution >= 0.6 is 23.4 Å². The fourth-order valence-electron chi connectivity index (χ4n) is 6.04. The van der Waals surface area contributed by atoms with Gasteiger partial charge in [-0.3, -0.25) is 14.5 Å². The minimum Gasteiger partial charge on any atom is -0.394 e. The molecule has 246 valence electrons. The van der Waals surface area contributed by atoms with Gasteiger partial charge in [0, 0.05) is 62.3 Å². The van der Waals surface area contributed by atoms with Crippen LogP contribution in [0.4, 0.5) is 11.4 Å². The number of hydrogen-bond donors (Lipinski definition) is 5. The van der Waals surface area contributed by atoms with Crippen LogP contribution in [0, 0.1) is 0 Å². The van der Waals surface area contributed by atoms with E-state index in [1.54, 1.807) is 11.8 Å². The number of aryl methyl sites for hydroxylation is 1. The number of carbonyl (C=O) groups is 2. The SMILES string of the molecule is CN(C[C@H](O)[C@@H](O)[C@H](O)[C@H](O)CO)C(=O)CCc1ccc(Cl)c(CN2CSC[C@H]2C(=O)N2CCN(C3CC3)c3ccccc32)c1. The van der Waals surface area contributed by atoms with E-state index in [0.717, 1.165) is 29.0 Å². The first-order valence-corrected chi connectivity index (χ1v) is 17.0. The molecule has 3 aliphatic rings. The van der Waals surface area contributed by atoms with E-state index in [1.807, 2.05) is 41.3 Å². The smallest absolute Gasteiger partial charge is 0.245 e. The van der Waals surface area contributed by atoms with E-state index < -0.39 is 31.0 Å². The van der Waals surface area contributed by atoms with E-state index in [1.165, 1.54) is 24.8 Å². The van der Waals surface area contributed by atoms with Crippen molar-refractivity contribution in [3.8, 4) is 0 Å². The zero-order chi connectivity index (χ0) is 32.2. The molecule has 5 atom stereocenters. The minimum atomic E-state index is -1.75. The summed E-state index contributed by atoms with van der Waals surface area (Å²) >= 11 is 8.34. The van der Waals surface area contributed by atoms with Crippen LogP contribution in [-0.2, 0) is 22.6 Å². The third-order valence-corrected chi connectivity index (χ3v) is 10.3. The van der Waals surface area contributed by atoms with Gasteiger partial charge in [0.25, 0.3) is 0 Å². The topological polar surface area (TPSA) is 148 Å². The molecule has 2 fully saturated rings. The first-order valence-electron chi connectivity index (χ1n) is 15.4. The average molecular weight is 663 g/mol. The summed E-state index contributed by atoms with van der Waals surface area (Å²) in [5.74, 6) is 1.24. The Morgan fingerprint density at radius 3 is 2.44 bits per heavy atom. The largest absolute Gasteiger partial charge is 0.394 e. The lowest BCUT2D eigenvalue weighted by Gasteiger charge is -2.39. The number of hydrogen-bond acceptors (Lipinski definition) is 10. The second-order valence-corrected chi connectivity index (χ2v) is 13.6. The lowest BCUT2D eigenvalue weighted by atomic mass is 10.0. The van der Waals surface area contributed by atoms with E-state index in [9.17, 15) is 30.0 Å². The molecule has 2 aromatic carbocycles. The van der Waals surface area contributed by atoms with Crippen LogP contribution in [0.3, 0.4) is 0 Å². The lowest BCUT2D eigenvalue weighted by molar-refractivity contribution is -0.137. The monoisotopic (exact) mass is 662 g/mol. The highest BCUT2D eigenvalue weighted by Crippen LogP contribution is 2.40. The maximum atomic E-state index is 14.0. The summed E-state index contributed by atoms with van der Waals surface area (Å²) in [5, 5.41) is 49.2. The van der Waals surface area contributed by atoms with Crippen LogP contribution in [0.2, 0.25) is 5.02 Å². The molecule has 2 heterocycles. The van der Waals surface area contributed by atoms with E-state index in [-0.39, 0.29) is 30.8 Å². The molecule has 5 rings (SSSR count). The minimum absolute atomic E-state index is 0.106. The van der Waals surface area contributed by atoms with Gasteiger partial charge in [0.15, 0.2) is 0 Å². The highest BCUT2D eigenvalue weighted by molar-refractivity contribution is 7.99. The summed E-state index contributed by atoms with van der Waals surface area (Å²) in [6, 6.07) is 14.1. The molecule has 1 saturated heterocycles. The van der Waals surface area contributed by atoms with Crippen LogP contribution < -0.4 is 9.80 Å². The maximum Gasteiger partial charge on any atom is 0.245 e. The van der Waals surface area contributed by atoms with E-state index >= 15 is 0 Å². The molecule has 0 radical (unpaired) electrons. The van der Waals surface area contributed by atoms with Gasteiger partial charge in [-0.1, -0.05) is 35.9 Å². The Labute approximate surface area is 273 Å². The predicted molar refractivity (Wildman–Crippen MR) is 174 cm³/mol. The first kappa shape index (κ1) is 33.9. The number of halogens is 1. The van der Waals surface area contributed by atoms with E-state index in [4.69, 9.17) is 16.7 Å². The number of anilines is 2. The number of aliphatic hydroxyl groups is 5. The van der Waals surface area contributed by atoms with Crippen molar-refractivity contribution in [2.24, 2.45) is 0 Å². The molecule has 0 aromatic heterocycles. The molecule has 13 heteroatoms. The highest BCUT2D eigenvalue weighted by Gasteiger charge is 2.40. The highest BCUT2D eigenvalue weighted by atomic mass is 35.5. The average Bonchev–Trinajstić information content (AvgIpc) is 3.80. The number of amides is 2. The number of aliphatic hydroxyl groups excluding tert-OH is 5. The first-order chi connectivity index (χ1) is 21.6. The van der Waals surface area contributed by atoms with Crippen LogP contribution in [0.25, 0.3) is 0 Å². The van der Waals surface area contributed by atoms with Crippen molar-refractivity contribution >= 4 is 46.6 Å². The molecular weight excluding hydrogens is 620 g/mol. The van der Waals surface area contributed by atoms with Crippen LogP contribution in [-0.4, -0.2) is 129 Å². The van der Waals surface area contributed by atoms with Gasteiger partial charge in [-0.25, -0.2) is 0 Å². The van der Waals surface area contributed by atoms with Gasteiger partial charge in [0.1, 0.15) is 24.4 Å². The van der Waals surface area contributed by atoms with Crippen molar-refractivity contribution in [2.45, 2.75) is 68.7 Å². The Hall–Kier alpha value is -2.42. The molecule has 11 nitrogen and oxygen atoms in total. The molecule has 45 heavy (non-hydrogen) atoms. The van der Waals surface area contributed by atoms with Crippen molar-refractivity contribution in [3.05, 3.63) is 58.6 Å². The number of para-hydroxylation sites is 2. The summed E-state index contributed by atoms with van der Waals surface area (Å²) in [6.07, 6.45) is -3.65. The van der Waals surface area contributed by atoms with Crippen LogP contribution in [0.15, 0.2) is 42.5 Å². The van der Waals surface area contributed by atoms with E-state index in [0.29, 0.717) is 42.2 Å². The van der Waals surface area contributed by atoms with Gasteiger partial charge in [-0.2, -0.15) is 0 Å². The quantitative estimate of drug-likeness (QED) is 0.211. The summed E-state index contributed by atoms with van der Waals surface area (Å²) < 4.78 is 0. The van der Waals surface area contributed by atoms with Gasteiger partial charge in [-0.05, 0) is 48.6 Å². The molecular formula is C32H43ClN4O7S. The molecule has 1 saturated carbocycles. The molecule has 1 aliphatic carbocycles. The second-order valence-electron chi connectivity index (χ2n) is 12.2. The zero-order valence-corrected chi connectivity index (χ0v) is 27.0. The van der Waals surface area contributed by atoms with Gasteiger partial charge >= 0.3 is 0 Å². The Kier molecular flexibility index (Phi) is 11.3. The predicted octanol–water partition coefficient (Wildman–Crippen LogP) is 1.06. The molecule has 2 aromatic rings. The second kappa shape index (κ2) is 15.0. The summed E-state index contributed by atoms with van der Waals surface area (Å²) in [5.41, 5.74) is 3.90. The Morgan fingerprint density at radius 2 is 1.73 bits per heavy atom. The van der Waals surface area contributed by atoms with Gasteiger partial charge < -0.3 is 40.2 Å². The Balaban J connectivity index is 1.18. The fourth-order valence-corrected chi connectivity index (χ4v) is 7.40. The lowest BCUT2D eigenvalue weighted by Crippen LogP contribution is -2.52. The van der Waals surface area contributed by atoms with Crippen LogP contribution in [0.5, 0.6) is 0 Å². The molecule has 2 amide bonds. The Bertz CT molecular complexity index is 1350.